The standard InChI is InChI=1S/C13H17NO/c1-3-5-10-15-13-8-6-12(7-9-13)11-14-4-2/h1,6-9,14H,4-5,10-11H2,2H3. The smallest absolute Gasteiger partial charge is 0.119 e. The lowest BCUT2D eigenvalue weighted by Crippen LogP contribution is -2.11. The van der Waals surface area contributed by atoms with Crippen molar-refractivity contribution >= 4 is 0 Å². The summed E-state index contributed by atoms with van der Waals surface area (Å²) in [6.45, 7) is 4.57. The third-order valence-corrected chi connectivity index (χ3v) is 2.02. The van der Waals surface area contributed by atoms with Crippen LogP contribution in [0.1, 0.15) is 18.9 Å². The number of rotatable bonds is 6. The summed E-state index contributed by atoms with van der Waals surface area (Å²) in [4.78, 5) is 0. The zero-order valence-electron chi connectivity index (χ0n) is 9.12. The zero-order chi connectivity index (χ0) is 10.9. The number of nitrogens with one attached hydrogen (secondary N) is 1. The molecule has 0 radical (unpaired) electrons. The summed E-state index contributed by atoms with van der Waals surface area (Å²) in [5.74, 6) is 3.42. The molecule has 2 nitrogen and oxygen atoms in total. The van der Waals surface area contributed by atoms with Gasteiger partial charge in [-0.25, -0.2) is 0 Å². The molecule has 0 saturated carbocycles. The topological polar surface area (TPSA) is 21.3 Å². The monoisotopic (exact) mass is 203 g/mol. The number of ether oxygens (including phenoxy) is 1. The molecule has 0 aliphatic rings. The first kappa shape index (κ1) is 11.6. The molecular formula is C13H17NO. The normalized spacial score (nSPS) is 9.60. The molecule has 0 aliphatic carbocycles. The van der Waals surface area contributed by atoms with Gasteiger partial charge in [0.25, 0.3) is 0 Å². The van der Waals surface area contributed by atoms with E-state index in [1.807, 2.05) is 12.1 Å². The maximum Gasteiger partial charge on any atom is 0.119 e. The highest BCUT2D eigenvalue weighted by molar-refractivity contribution is 5.27. The summed E-state index contributed by atoms with van der Waals surface area (Å²) in [6, 6.07) is 8.08. The molecule has 15 heavy (non-hydrogen) atoms. The first-order chi connectivity index (χ1) is 7.36. The Labute approximate surface area is 91.6 Å². The quantitative estimate of drug-likeness (QED) is 0.565. The van der Waals surface area contributed by atoms with Crippen LogP contribution in [0.2, 0.25) is 0 Å². The third kappa shape index (κ3) is 4.53. The van der Waals surface area contributed by atoms with E-state index in [1.54, 1.807) is 0 Å². The Hall–Kier alpha value is -1.46. The number of benzene rings is 1. The summed E-state index contributed by atoms with van der Waals surface area (Å²) in [5, 5.41) is 3.27. The lowest BCUT2D eigenvalue weighted by Gasteiger charge is -2.05. The van der Waals surface area contributed by atoms with E-state index in [9.17, 15) is 0 Å². The summed E-state index contributed by atoms with van der Waals surface area (Å²) in [6.07, 6.45) is 5.79. The van der Waals surface area contributed by atoms with E-state index in [4.69, 9.17) is 11.2 Å². The molecule has 1 N–H and O–H groups in total. The van der Waals surface area contributed by atoms with Crippen molar-refractivity contribution in [3.05, 3.63) is 29.8 Å². The SMILES string of the molecule is C#CCCOc1ccc(CNCC)cc1. The van der Waals surface area contributed by atoms with Crippen LogP contribution in [-0.2, 0) is 6.54 Å². The van der Waals surface area contributed by atoms with Gasteiger partial charge in [0.15, 0.2) is 0 Å². The Morgan fingerprint density at radius 2 is 2.07 bits per heavy atom. The molecule has 2 heteroatoms. The van der Waals surface area contributed by atoms with Gasteiger partial charge in [-0.1, -0.05) is 19.1 Å². The highest BCUT2D eigenvalue weighted by Gasteiger charge is 1.94. The number of hydrogen-bond acceptors (Lipinski definition) is 2. The summed E-state index contributed by atoms with van der Waals surface area (Å²) >= 11 is 0. The van der Waals surface area contributed by atoms with E-state index in [1.165, 1.54) is 5.56 Å². The van der Waals surface area contributed by atoms with Crippen molar-refractivity contribution < 1.29 is 4.74 Å². The van der Waals surface area contributed by atoms with E-state index in [2.05, 4.69) is 30.3 Å². The summed E-state index contributed by atoms with van der Waals surface area (Å²) in [7, 11) is 0. The van der Waals surface area contributed by atoms with Crippen LogP contribution in [0.4, 0.5) is 0 Å². The van der Waals surface area contributed by atoms with Crippen LogP contribution in [0.15, 0.2) is 24.3 Å². The van der Waals surface area contributed by atoms with E-state index in [-0.39, 0.29) is 0 Å². The average Bonchev–Trinajstić information content (AvgIpc) is 2.28. The zero-order valence-corrected chi connectivity index (χ0v) is 9.12. The molecule has 80 valence electrons. The molecule has 1 aromatic rings. The molecule has 0 heterocycles. The number of hydrogen-bond donors (Lipinski definition) is 1. The highest BCUT2D eigenvalue weighted by atomic mass is 16.5. The van der Waals surface area contributed by atoms with Gasteiger partial charge in [0.1, 0.15) is 5.75 Å². The molecule has 0 amide bonds. The van der Waals surface area contributed by atoms with Gasteiger partial charge in [0, 0.05) is 13.0 Å². The van der Waals surface area contributed by atoms with Gasteiger partial charge in [0.05, 0.1) is 6.61 Å². The van der Waals surface area contributed by atoms with E-state index in [0.717, 1.165) is 18.8 Å². The lowest BCUT2D eigenvalue weighted by atomic mass is 10.2. The minimum atomic E-state index is 0.586. The van der Waals surface area contributed by atoms with Gasteiger partial charge >= 0.3 is 0 Å². The fraction of sp³-hybridized carbons (Fsp3) is 0.385. The fourth-order valence-electron chi connectivity index (χ4n) is 1.20. The van der Waals surface area contributed by atoms with Gasteiger partial charge in [-0.2, -0.15) is 0 Å². The third-order valence-electron chi connectivity index (χ3n) is 2.02. The Morgan fingerprint density at radius 1 is 1.33 bits per heavy atom. The van der Waals surface area contributed by atoms with Crippen molar-refractivity contribution in [1.82, 2.24) is 5.32 Å². The molecule has 0 spiro atoms. The largest absolute Gasteiger partial charge is 0.493 e. The maximum absolute atomic E-state index is 5.44. The Morgan fingerprint density at radius 3 is 2.67 bits per heavy atom. The van der Waals surface area contributed by atoms with Crippen LogP contribution < -0.4 is 10.1 Å². The van der Waals surface area contributed by atoms with Crippen LogP contribution in [0.5, 0.6) is 5.75 Å². The predicted octanol–water partition coefficient (Wildman–Crippen LogP) is 2.20. The van der Waals surface area contributed by atoms with E-state index in [0.29, 0.717) is 13.0 Å². The number of terminal acetylenes is 1. The molecule has 0 aromatic heterocycles. The minimum absolute atomic E-state index is 0.586. The van der Waals surface area contributed by atoms with Crippen molar-refractivity contribution in [1.29, 1.82) is 0 Å². The molecule has 0 fully saturated rings. The summed E-state index contributed by atoms with van der Waals surface area (Å²) in [5.41, 5.74) is 1.26. The van der Waals surface area contributed by atoms with Gasteiger partial charge < -0.3 is 10.1 Å². The Balaban J connectivity index is 2.39. The average molecular weight is 203 g/mol. The lowest BCUT2D eigenvalue weighted by molar-refractivity contribution is 0.327. The second kappa shape index (κ2) is 6.92. The van der Waals surface area contributed by atoms with Crippen molar-refractivity contribution in [2.75, 3.05) is 13.2 Å². The van der Waals surface area contributed by atoms with Crippen LogP contribution in [-0.4, -0.2) is 13.2 Å². The van der Waals surface area contributed by atoms with Gasteiger partial charge in [-0.3, -0.25) is 0 Å². The molecule has 0 bridgehead atoms. The van der Waals surface area contributed by atoms with Crippen LogP contribution in [0, 0.1) is 12.3 Å². The molecule has 1 rings (SSSR count). The van der Waals surface area contributed by atoms with Crippen LogP contribution in [0.25, 0.3) is 0 Å². The first-order valence-corrected chi connectivity index (χ1v) is 5.22. The molecule has 0 unspecified atom stereocenters. The van der Waals surface area contributed by atoms with Crippen molar-refractivity contribution in [3.8, 4) is 18.1 Å². The molecule has 0 aliphatic heterocycles. The molecular weight excluding hydrogens is 186 g/mol. The summed E-state index contributed by atoms with van der Waals surface area (Å²) < 4.78 is 5.44. The molecule has 0 atom stereocenters. The van der Waals surface area contributed by atoms with Gasteiger partial charge in [0.2, 0.25) is 0 Å². The predicted molar refractivity (Wildman–Crippen MR) is 62.8 cm³/mol. The van der Waals surface area contributed by atoms with Crippen molar-refractivity contribution in [3.63, 3.8) is 0 Å². The molecule has 0 saturated heterocycles. The fourth-order valence-corrected chi connectivity index (χ4v) is 1.20. The van der Waals surface area contributed by atoms with Crippen molar-refractivity contribution in [2.45, 2.75) is 19.9 Å². The van der Waals surface area contributed by atoms with E-state index < -0.39 is 0 Å². The van der Waals surface area contributed by atoms with Crippen LogP contribution in [0.3, 0.4) is 0 Å². The van der Waals surface area contributed by atoms with Crippen molar-refractivity contribution in [2.24, 2.45) is 0 Å². The van der Waals surface area contributed by atoms with Gasteiger partial charge in [-0.15, -0.1) is 12.3 Å². The Kier molecular flexibility index (Phi) is 5.35. The maximum atomic E-state index is 5.44. The van der Waals surface area contributed by atoms with E-state index >= 15 is 0 Å². The highest BCUT2D eigenvalue weighted by Crippen LogP contribution is 2.12. The second-order valence-corrected chi connectivity index (χ2v) is 3.23. The Bertz CT molecular complexity index is 310. The second-order valence-electron chi connectivity index (χ2n) is 3.23. The minimum Gasteiger partial charge on any atom is -0.493 e. The van der Waals surface area contributed by atoms with Gasteiger partial charge in [-0.05, 0) is 24.2 Å². The first-order valence-electron chi connectivity index (χ1n) is 5.22. The molecule has 1 aromatic carbocycles. The van der Waals surface area contributed by atoms with Crippen LogP contribution >= 0.6 is 0 Å².